The molecule has 0 aliphatic carbocycles. The highest BCUT2D eigenvalue weighted by atomic mass is 32.1. The molecule has 2 unspecified atom stereocenters. The first-order valence-electron chi connectivity index (χ1n) is 11.5. The second kappa shape index (κ2) is 10.8. The number of hydrogen-bond donors (Lipinski definition) is 1. The number of halogens is 3. The number of para-hydroxylation sites is 1. The van der Waals surface area contributed by atoms with Crippen LogP contribution in [0.5, 0.6) is 0 Å². The predicted octanol–water partition coefficient (Wildman–Crippen LogP) is 6.37. The predicted molar refractivity (Wildman–Crippen MR) is 138 cm³/mol. The molecule has 4 rings (SSSR count). The van der Waals surface area contributed by atoms with Gasteiger partial charge in [-0.15, -0.1) is 11.3 Å². The smallest absolute Gasteiger partial charge is 0.416 e. The Labute approximate surface area is 221 Å². The van der Waals surface area contributed by atoms with E-state index in [2.05, 4.69) is 15.3 Å². The topological polar surface area (TPSA) is 89.9 Å². The molecule has 2 atom stereocenters. The second-order valence-corrected chi connectivity index (χ2v) is 9.41. The molecule has 1 N–H and O–H groups in total. The van der Waals surface area contributed by atoms with Crippen LogP contribution in [-0.4, -0.2) is 36.9 Å². The Balaban J connectivity index is 1.74. The number of benzene rings is 2. The van der Waals surface area contributed by atoms with Gasteiger partial charge in [-0.05, 0) is 37.6 Å². The summed E-state index contributed by atoms with van der Waals surface area (Å²) < 4.78 is 49.6. The van der Waals surface area contributed by atoms with Crippen molar-refractivity contribution in [3.05, 3.63) is 76.3 Å². The van der Waals surface area contributed by atoms with Crippen molar-refractivity contribution >= 4 is 39.8 Å². The summed E-state index contributed by atoms with van der Waals surface area (Å²) in [4.78, 5) is 34.6. The lowest BCUT2D eigenvalue weighted by atomic mass is 9.75. The molecule has 0 spiro atoms. The number of alkyl halides is 3. The van der Waals surface area contributed by atoms with Gasteiger partial charge in [0.15, 0.2) is 5.13 Å². The van der Waals surface area contributed by atoms with Gasteiger partial charge >= 0.3 is 18.1 Å². The summed E-state index contributed by atoms with van der Waals surface area (Å²) in [6, 6.07) is 12.0. The molecule has 7 nitrogen and oxygen atoms in total. The van der Waals surface area contributed by atoms with Crippen LogP contribution in [0.4, 0.5) is 24.0 Å². The number of thiazole rings is 1. The van der Waals surface area contributed by atoms with Crippen LogP contribution < -0.4 is 5.32 Å². The molecule has 0 amide bonds. The summed E-state index contributed by atoms with van der Waals surface area (Å²) in [6.07, 6.45) is -4.47. The van der Waals surface area contributed by atoms with Crippen molar-refractivity contribution in [3.63, 3.8) is 0 Å². The number of anilines is 2. The first-order valence-corrected chi connectivity index (χ1v) is 12.3. The number of aromatic nitrogens is 1. The lowest BCUT2D eigenvalue weighted by Crippen LogP contribution is -2.36. The van der Waals surface area contributed by atoms with E-state index in [1.54, 1.807) is 49.6 Å². The molecule has 198 valence electrons. The van der Waals surface area contributed by atoms with Crippen LogP contribution in [0.3, 0.4) is 0 Å². The summed E-state index contributed by atoms with van der Waals surface area (Å²) in [5.41, 5.74) is 2.25. The molecule has 2 aromatic carbocycles. The highest BCUT2D eigenvalue weighted by molar-refractivity contribution is 7.14. The molecule has 1 aliphatic heterocycles. The van der Waals surface area contributed by atoms with Crippen molar-refractivity contribution in [2.24, 2.45) is 10.9 Å². The molecule has 0 radical (unpaired) electrons. The van der Waals surface area contributed by atoms with Crippen LogP contribution in [0.25, 0.3) is 11.3 Å². The maximum Gasteiger partial charge on any atom is 0.416 e. The van der Waals surface area contributed by atoms with E-state index in [1.807, 2.05) is 0 Å². The number of carbonyl (C=O) groups excluding carboxylic acids is 2. The fourth-order valence-electron chi connectivity index (χ4n) is 4.50. The minimum Gasteiger partial charge on any atom is -0.468 e. The quantitative estimate of drug-likeness (QED) is 0.364. The zero-order chi connectivity index (χ0) is 27.6. The van der Waals surface area contributed by atoms with Crippen molar-refractivity contribution in [1.82, 2.24) is 4.98 Å². The third kappa shape index (κ3) is 5.33. The Morgan fingerprint density at radius 1 is 1.03 bits per heavy atom. The van der Waals surface area contributed by atoms with Gasteiger partial charge in [0.2, 0.25) is 0 Å². The average Bonchev–Trinajstić information content (AvgIpc) is 3.36. The van der Waals surface area contributed by atoms with Gasteiger partial charge in [-0.2, -0.15) is 13.2 Å². The minimum atomic E-state index is -4.47. The van der Waals surface area contributed by atoms with E-state index in [4.69, 9.17) is 9.47 Å². The number of aliphatic imine (C=N–C) groups is 1. The van der Waals surface area contributed by atoms with Gasteiger partial charge in [0, 0.05) is 34.0 Å². The van der Waals surface area contributed by atoms with Crippen LogP contribution >= 0.6 is 11.3 Å². The van der Waals surface area contributed by atoms with Crippen LogP contribution in [-0.2, 0) is 25.2 Å². The zero-order valence-corrected chi connectivity index (χ0v) is 21.7. The van der Waals surface area contributed by atoms with Gasteiger partial charge in [0.1, 0.15) is 5.92 Å². The summed E-state index contributed by atoms with van der Waals surface area (Å²) in [5.74, 6) is -2.81. The summed E-state index contributed by atoms with van der Waals surface area (Å²) >= 11 is 1.21. The van der Waals surface area contributed by atoms with Crippen LogP contribution in [0.15, 0.2) is 70.2 Å². The van der Waals surface area contributed by atoms with Crippen LogP contribution in [0.2, 0.25) is 0 Å². The van der Waals surface area contributed by atoms with Crippen LogP contribution in [0.1, 0.15) is 30.9 Å². The number of ether oxygens (including phenoxy) is 2. The Hall–Kier alpha value is -3.99. The summed E-state index contributed by atoms with van der Waals surface area (Å²) in [6.45, 7) is 3.37. The zero-order valence-electron chi connectivity index (χ0n) is 20.9. The Morgan fingerprint density at radius 3 is 2.45 bits per heavy atom. The van der Waals surface area contributed by atoms with E-state index in [9.17, 15) is 22.8 Å². The number of nitrogens with one attached hydrogen (secondary N) is 1. The molecule has 0 bridgehead atoms. The first kappa shape index (κ1) is 27.1. The average molecular weight is 544 g/mol. The van der Waals surface area contributed by atoms with Crippen molar-refractivity contribution < 1.29 is 32.2 Å². The van der Waals surface area contributed by atoms with Crippen LogP contribution in [0, 0.1) is 5.92 Å². The molecular weight excluding hydrogens is 519 g/mol. The van der Waals surface area contributed by atoms with E-state index < -0.39 is 35.5 Å². The number of esters is 2. The van der Waals surface area contributed by atoms with Gasteiger partial charge in [-0.25, -0.2) is 9.78 Å². The number of nitrogens with zero attached hydrogens (tertiary/aromatic N) is 2. The standard InChI is InChI=1S/C27H24F3N3O4S/c1-14-21(24(34)36-3)23(22(15(2)31-14)25(35)37-4)18-10-5-6-11-19(18)32-26-33-20(13-38-26)16-8-7-9-17(12-16)27(28,29)30/h5-13,21,23H,1-4H3,(H,32,33). The molecule has 38 heavy (non-hydrogen) atoms. The highest BCUT2D eigenvalue weighted by Gasteiger charge is 2.43. The molecule has 0 saturated heterocycles. The molecule has 0 saturated carbocycles. The number of allylic oxidation sites excluding steroid dienone is 1. The number of methoxy groups -OCH3 is 2. The second-order valence-electron chi connectivity index (χ2n) is 8.55. The first-order chi connectivity index (χ1) is 18.0. The molecule has 1 aromatic heterocycles. The number of hydrogen-bond acceptors (Lipinski definition) is 8. The Kier molecular flexibility index (Phi) is 7.68. The van der Waals surface area contributed by atoms with Gasteiger partial charge in [-0.3, -0.25) is 9.79 Å². The largest absolute Gasteiger partial charge is 0.468 e. The maximum absolute atomic E-state index is 13.2. The van der Waals surface area contributed by atoms with E-state index in [1.165, 1.54) is 31.6 Å². The lowest BCUT2D eigenvalue weighted by molar-refractivity contribution is -0.144. The number of carbonyl (C=O) groups is 2. The fraction of sp³-hybridized carbons (Fsp3) is 0.259. The van der Waals surface area contributed by atoms with E-state index in [-0.39, 0.29) is 5.57 Å². The highest BCUT2D eigenvalue weighted by Crippen LogP contribution is 2.43. The molecule has 1 aliphatic rings. The van der Waals surface area contributed by atoms with E-state index in [0.717, 1.165) is 12.1 Å². The summed E-state index contributed by atoms with van der Waals surface area (Å²) in [5, 5.41) is 5.28. The molecular formula is C27H24F3N3O4S. The van der Waals surface area contributed by atoms with E-state index >= 15 is 0 Å². The van der Waals surface area contributed by atoms with Crippen molar-refractivity contribution in [2.75, 3.05) is 19.5 Å². The molecule has 0 fully saturated rings. The van der Waals surface area contributed by atoms with Gasteiger partial charge < -0.3 is 14.8 Å². The lowest BCUT2D eigenvalue weighted by Gasteiger charge is -2.32. The fourth-order valence-corrected chi connectivity index (χ4v) is 5.23. The van der Waals surface area contributed by atoms with Crippen molar-refractivity contribution in [1.29, 1.82) is 0 Å². The minimum absolute atomic E-state index is 0.228. The van der Waals surface area contributed by atoms with Gasteiger partial charge in [0.25, 0.3) is 0 Å². The van der Waals surface area contributed by atoms with E-state index in [0.29, 0.717) is 39.0 Å². The van der Waals surface area contributed by atoms with Gasteiger partial charge in [-0.1, -0.05) is 30.3 Å². The maximum atomic E-state index is 13.2. The Bertz CT molecular complexity index is 1450. The third-order valence-corrected chi connectivity index (χ3v) is 6.97. The SMILES string of the molecule is COC(=O)C1=C(C)N=C(C)C(C(=O)OC)C1c1ccccc1Nc1nc(-c2cccc(C(F)(F)F)c2)cs1. The molecule has 2 heterocycles. The molecule has 3 aromatic rings. The third-order valence-electron chi connectivity index (χ3n) is 6.22. The number of rotatable bonds is 6. The summed E-state index contributed by atoms with van der Waals surface area (Å²) in [7, 11) is 2.53. The van der Waals surface area contributed by atoms with Crippen molar-refractivity contribution in [3.8, 4) is 11.3 Å². The Morgan fingerprint density at radius 2 is 1.76 bits per heavy atom. The molecule has 11 heteroatoms. The van der Waals surface area contributed by atoms with Gasteiger partial charge in [0.05, 0.1) is 31.1 Å². The monoisotopic (exact) mass is 543 g/mol. The normalized spacial score (nSPS) is 17.6. The van der Waals surface area contributed by atoms with Crippen molar-refractivity contribution in [2.45, 2.75) is 25.9 Å².